The van der Waals surface area contributed by atoms with E-state index in [-0.39, 0.29) is 11.9 Å². The Hall–Kier alpha value is -4.13. The summed E-state index contributed by atoms with van der Waals surface area (Å²) in [5.74, 6) is 1.23. The fraction of sp³-hybridized carbons (Fsp3) is 0.160. The molecule has 7 nitrogen and oxygen atoms in total. The summed E-state index contributed by atoms with van der Waals surface area (Å²) in [6.45, 7) is 0.429. The van der Waals surface area contributed by atoms with Gasteiger partial charge in [-0.05, 0) is 29.8 Å². The van der Waals surface area contributed by atoms with Gasteiger partial charge in [0.05, 0.1) is 26.0 Å². The molecule has 1 unspecified atom stereocenters. The van der Waals surface area contributed by atoms with Crippen LogP contribution in [0, 0.1) is 0 Å². The van der Waals surface area contributed by atoms with Gasteiger partial charge in [0.15, 0.2) is 0 Å². The summed E-state index contributed by atoms with van der Waals surface area (Å²) in [7, 11) is 3.24. The molecule has 1 atom stereocenters. The van der Waals surface area contributed by atoms with Crippen LogP contribution in [0.3, 0.4) is 0 Å². The number of fused-ring (bicyclic) bond motifs is 1. The monoisotopic (exact) mass is 426 g/mol. The standard InChI is InChI=1S/C25H22N4O3/c1-31-18-8-9-19(20(14-18)32-2)24-21-22(17-6-4-3-5-7-17)27-28-23(21)25(30)29(24)15-16-10-12-26-13-11-16/h3-14,24H,15H2,1-2H3,(H,27,28). The number of aromatic nitrogens is 3. The van der Waals surface area contributed by atoms with Crippen molar-refractivity contribution in [1.82, 2.24) is 20.1 Å². The first kappa shape index (κ1) is 19.8. The Balaban J connectivity index is 1.69. The molecule has 0 saturated heterocycles. The van der Waals surface area contributed by atoms with E-state index in [0.29, 0.717) is 23.7 Å². The minimum absolute atomic E-state index is 0.102. The molecule has 160 valence electrons. The van der Waals surface area contributed by atoms with Crippen molar-refractivity contribution in [2.45, 2.75) is 12.6 Å². The zero-order valence-electron chi connectivity index (χ0n) is 17.8. The fourth-order valence-electron chi connectivity index (χ4n) is 4.23. The molecule has 0 spiro atoms. The number of carbonyl (C=O) groups is 1. The smallest absolute Gasteiger partial charge is 0.273 e. The van der Waals surface area contributed by atoms with Gasteiger partial charge in [-0.1, -0.05) is 30.3 Å². The molecule has 7 heteroatoms. The van der Waals surface area contributed by atoms with Crippen LogP contribution in [0.2, 0.25) is 0 Å². The Morgan fingerprint density at radius 3 is 2.50 bits per heavy atom. The molecule has 2 aromatic heterocycles. The van der Waals surface area contributed by atoms with Gasteiger partial charge >= 0.3 is 0 Å². The quantitative estimate of drug-likeness (QED) is 0.499. The first-order chi connectivity index (χ1) is 15.7. The number of H-pyrrole nitrogens is 1. The molecule has 1 amide bonds. The normalized spacial score (nSPS) is 15.0. The second-order valence-corrected chi connectivity index (χ2v) is 7.53. The largest absolute Gasteiger partial charge is 0.497 e. The zero-order chi connectivity index (χ0) is 22.1. The first-order valence-electron chi connectivity index (χ1n) is 10.3. The molecule has 3 heterocycles. The lowest BCUT2D eigenvalue weighted by molar-refractivity contribution is 0.0728. The van der Waals surface area contributed by atoms with Gasteiger partial charge in [0.2, 0.25) is 0 Å². The van der Waals surface area contributed by atoms with E-state index in [4.69, 9.17) is 9.47 Å². The molecule has 0 bridgehead atoms. The lowest BCUT2D eigenvalue weighted by atomic mass is 9.95. The lowest BCUT2D eigenvalue weighted by Crippen LogP contribution is -2.29. The Labute approximate surface area is 185 Å². The van der Waals surface area contributed by atoms with Crippen LogP contribution in [0.1, 0.15) is 33.2 Å². The van der Waals surface area contributed by atoms with Crippen LogP contribution in [0.4, 0.5) is 0 Å². The lowest BCUT2D eigenvalue weighted by Gasteiger charge is -2.27. The zero-order valence-corrected chi connectivity index (χ0v) is 17.8. The van der Waals surface area contributed by atoms with Crippen LogP contribution in [0.25, 0.3) is 11.3 Å². The molecular weight excluding hydrogens is 404 g/mol. The van der Waals surface area contributed by atoms with Gasteiger partial charge in [-0.3, -0.25) is 14.9 Å². The van der Waals surface area contributed by atoms with Gasteiger partial charge in [0.25, 0.3) is 5.91 Å². The minimum atomic E-state index is -0.375. The number of amides is 1. The number of rotatable bonds is 6. The molecule has 2 aromatic carbocycles. The van der Waals surface area contributed by atoms with E-state index >= 15 is 0 Å². The number of ether oxygens (including phenoxy) is 2. The Morgan fingerprint density at radius 2 is 1.78 bits per heavy atom. The van der Waals surface area contributed by atoms with Crippen molar-refractivity contribution >= 4 is 5.91 Å². The third-order valence-electron chi connectivity index (χ3n) is 5.75. The summed E-state index contributed by atoms with van der Waals surface area (Å²) >= 11 is 0. The summed E-state index contributed by atoms with van der Waals surface area (Å²) in [4.78, 5) is 19.5. The van der Waals surface area contributed by atoms with E-state index in [9.17, 15) is 4.79 Å². The second kappa shape index (κ2) is 8.19. The third kappa shape index (κ3) is 3.28. The highest BCUT2D eigenvalue weighted by atomic mass is 16.5. The van der Waals surface area contributed by atoms with Gasteiger partial charge in [-0.2, -0.15) is 5.10 Å². The highest BCUT2D eigenvalue weighted by Crippen LogP contribution is 2.46. The highest BCUT2D eigenvalue weighted by molar-refractivity contribution is 6.00. The minimum Gasteiger partial charge on any atom is -0.497 e. The predicted molar refractivity (Wildman–Crippen MR) is 120 cm³/mol. The molecule has 32 heavy (non-hydrogen) atoms. The fourth-order valence-corrected chi connectivity index (χ4v) is 4.23. The Morgan fingerprint density at radius 1 is 1.00 bits per heavy atom. The van der Waals surface area contributed by atoms with Crippen LogP contribution in [-0.2, 0) is 6.54 Å². The average Bonchev–Trinajstić information content (AvgIpc) is 3.39. The highest BCUT2D eigenvalue weighted by Gasteiger charge is 2.43. The molecular formula is C25H22N4O3. The molecule has 1 N–H and O–H groups in total. The summed E-state index contributed by atoms with van der Waals surface area (Å²) in [6.07, 6.45) is 3.46. The van der Waals surface area contributed by atoms with Crippen molar-refractivity contribution in [3.63, 3.8) is 0 Å². The topological polar surface area (TPSA) is 80.3 Å². The van der Waals surface area contributed by atoms with Gasteiger partial charge in [0, 0.05) is 41.7 Å². The maximum atomic E-state index is 13.5. The number of benzene rings is 2. The van der Waals surface area contributed by atoms with Crippen LogP contribution in [0.15, 0.2) is 73.1 Å². The third-order valence-corrected chi connectivity index (χ3v) is 5.75. The van der Waals surface area contributed by atoms with Crippen molar-refractivity contribution in [1.29, 1.82) is 0 Å². The molecule has 0 saturated carbocycles. The molecule has 1 aliphatic rings. The maximum absolute atomic E-state index is 13.5. The van der Waals surface area contributed by atoms with Gasteiger partial charge in [0.1, 0.15) is 17.2 Å². The van der Waals surface area contributed by atoms with E-state index in [2.05, 4.69) is 15.2 Å². The van der Waals surface area contributed by atoms with E-state index in [1.54, 1.807) is 26.6 Å². The molecule has 0 fully saturated rings. The van der Waals surface area contributed by atoms with Crippen molar-refractivity contribution in [2.75, 3.05) is 14.2 Å². The van der Waals surface area contributed by atoms with E-state index < -0.39 is 0 Å². The van der Waals surface area contributed by atoms with E-state index in [0.717, 1.165) is 27.9 Å². The van der Waals surface area contributed by atoms with E-state index in [1.165, 1.54) is 0 Å². The summed E-state index contributed by atoms with van der Waals surface area (Å²) in [6, 6.07) is 19.0. The number of nitrogens with one attached hydrogen (secondary N) is 1. The number of hydrogen-bond donors (Lipinski definition) is 1. The van der Waals surface area contributed by atoms with E-state index in [1.807, 2.05) is 65.6 Å². The SMILES string of the molecule is COc1ccc(C2c3c(-c4ccccc4)n[nH]c3C(=O)N2Cc2ccncc2)c(OC)c1. The molecule has 5 rings (SSSR count). The summed E-state index contributed by atoms with van der Waals surface area (Å²) < 4.78 is 11.1. The van der Waals surface area contributed by atoms with Crippen molar-refractivity contribution in [3.8, 4) is 22.8 Å². The van der Waals surface area contributed by atoms with Gasteiger partial charge in [-0.25, -0.2) is 0 Å². The van der Waals surface area contributed by atoms with Crippen molar-refractivity contribution < 1.29 is 14.3 Å². The average molecular weight is 426 g/mol. The summed E-state index contributed by atoms with van der Waals surface area (Å²) in [5.41, 5.74) is 4.91. The number of nitrogens with zero attached hydrogens (tertiary/aromatic N) is 3. The van der Waals surface area contributed by atoms with Crippen molar-refractivity contribution in [3.05, 3.63) is 95.4 Å². The number of carbonyl (C=O) groups excluding carboxylic acids is 1. The maximum Gasteiger partial charge on any atom is 0.273 e. The molecule has 0 radical (unpaired) electrons. The van der Waals surface area contributed by atoms with Crippen LogP contribution in [-0.4, -0.2) is 40.2 Å². The number of pyridine rings is 1. The summed E-state index contributed by atoms with van der Waals surface area (Å²) in [5, 5.41) is 7.51. The van der Waals surface area contributed by atoms with Gasteiger partial charge in [-0.15, -0.1) is 0 Å². The predicted octanol–water partition coefficient (Wildman–Crippen LogP) is 4.23. The number of aromatic amines is 1. The van der Waals surface area contributed by atoms with Crippen LogP contribution < -0.4 is 9.47 Å². The molecule has 0 aliphatic carbocycles. The Bertz CT molecular complexity index is 1250. The van der Waals surface area contributed by atoms with Gasteiger partial charge < -0.3 is 14.4 Å². The molecule has 4 aromatic rings. The first-order valence-corrected chi connectivity index (χ1v) is 10.3. The second-order valence-electron chi connectivity index (χ2n) is 7.53. The van der Waals surface area contributed by atoms with Crippen molar-refractivity contribution in [2.24, 2.45) is 0 Å². The van der Waals surface area contributed by atoms with Crippen LogP contribution >= 0.6 is 0 Å². The number of hydrogen-bond acceptors (Lipinski definition) is 5. The number of methoxy groups -OCH3 is 2. The van der Waals surface area contributed by atoms with Crippen LogP contribution in [0.5, 0.6) is 11.5 Å². The Kier molecular flexibility index (Phi) is 5.07. The molecule has 1 aliphatic heterocycles.